The largest absolute Gasteiger partial charge is 0.455 e. The minimum absolute atomic E-state index is 0.0325. The molecule has 5 heteroatoms. The normalized spacial score (nSPS) is 19.2. The molecule has 0 aliphatic carbocycles. The minimum Gasteiger partial charge on any atom is -0.455 e. The van der Waals surface area contributed by atoms with Crippen molar-refractivity contribution < 1.29 is 14.3 Å². The summed E-state index contributed by atoms with van der Waals surface area (Å²) in [5, 5.41) is 2.97. The Hall–Kier alpha value is -2.04. The summed E-state index contributed by atoms with van der Waals surface area (Å²) < 4.78 is 5.47. The fourth-order valence-electron chi connectivity index (χ4n) is 2.85. The summed E-state index contributed by atoms with van der Waals surface area (Å²) in [5.41, 5.74) is 4.15. The second kappa shape index (κ2) is 5.80. The maximum Gasteiger partial charge on any atom is 0.355 e. The number of aromatic nitrogens is 1. The van der Waals surface area contributed by atoms with E-state index in [1.54, 1.807) is 0 Å². The number of rotatable bonds is 2. The molecule has 0 radical (unpaired) electrons. The summed E-state index contributed by atoms with van der Waals surface area (Å²) in [4.78, 5) is 27.6. The van der Waals surface area contributed by atoms with Crippen LogP contribution in [0.3, 0.4) is 0 Å². The lowest BCUT2D eigenvalue weighted by Crippen LogP contribution is -2.24. The fourth-order valence-corrected chi connectivity index (χ4v) is 2.85. The van der Waals surface area contributed by atoms with Crippen molar-refractivity contribution in [3.05, 3.63) is 28.2 Å². The number of H-pyrrole nitrogens is 1. The van der Waals surface area contributed by atoms with Gasteiger partial charge in [0, 0.05) is 23.2 Å². The van der Waals surface area contributed by atoms with Gasteiger partial charge in [0.1, 0.15) is 11.3 Å². The first-order valence-corrected chi connectivity index (χ1v) is 8.27. The van der Waals surface area contributed by atoms with Crippen molar-refractivity contribution in [2.24, 2.45) is 5.41 Å². The van der Waals surface area contributed by atoms with E-state index in [1.807, 2.05) is 55.4 Å². The fraction of sp³-hybridized carbons (Fsp3) is 0.579. The van der Waals surface area contributed by atoms with Gasteiger partial charge < -0.3 is 15.0 Å². The molecule has 5 nitrogen and oxygen atoms in total. The zero-order valence-corrected chi connectivity index (χ0v) is 15.9. The molecular weight excluding hydrogens is 304 g/mol. The van der Waals surface area contributed by atoms with E-state index in [1.165, 1.54) is 0 Å². The SMILES string of the molecule is C/C(=C1\CC(C)(C)C(=O)N1)c1[nH]c(C(=O)OC(C)(C)C)c(C)c1C. The van der Waals surface area contributed by atoms with Gasteiger partial charge in [-0.3, -0.25) is 4.79 Å². The van der Waals surface area contributed by atoms with Crippen LogP contribution in [0.2, 0.25) is 0 Å². The van der Waals surface area contributed by atoms with E-state index in [-0.39, 0.29) is 11.9 Å². The molecule has 0 saturated carbocycles. The third kappa shape index (κ3) is 3.40. The van der Waals surface area contributed by atoms with Gasteiger partial charge in [0.2, 0.25) is 5.91 Å². The third-order valence-electron chi connectivity index (χ3n) is 4.49. The Kier molecular flexibility index (Phi) is 4.42. The van der Waals surface area contributed by atoms with Crippen molar-refractivity contribution in [3.63, 3.8) is 0 Å². The third-order valence-corrected chi connectivity index (χ3v) is 4.49. The van der Waals surface area contributed by atoms with Crippen LogP contribution in [0.4, 0.5) is 0 Å². The number of hydrogen-bond acceptors (Lipinski definition) is 3. The van der Waals surface area contributed by atoms with E-state index in [2.05, 4.69) is 10.3 Å². The van der Waals surface area contributed by atoms with Crippen molar-refractivity contribution in [2.45, 2.75) is 67.4 Å². The molecule has 2 N–H and O–H groups in total. The maximum absolute atomic E-state index is 12.4. The van der Waals surface area contributed by atoms with Crippen LogP contribution in [0.25, 0.3) is 5.57 Å². The number of allylic oxidation sites excluding steroid dienone is 2. The Bertz CT molecular complexity index is 731. The van der Waals surface area contributed by atoms with Crippen LogP contribution in [0.1, 0.15) is 75.3 Å². The Morgan fingerprint density at radius 2 is 1.67 bits per heavy atom. The lowest BCUT2D eigenvalue weighted by Gasteiger charge is -2.19. The summed E-state index contributed by atoms with van der Waals surface area (Å²) in [6.45, 7) is 15.3. The Morgan fingerprint density at radius 3 is 2.12 bits per heavy atom. The van der Waals surface area contributed by atoms with Gasteiger partial charge in [-0.2, -0.15) is 0 Å². The van der Waals surface area contributed by atoms with E-state index in [0.717, 1.165) is 28.1 Å². The molecule has 2 rings (SSSR count). The molecule has 1 aliphatic heterocycles. The zero-order valence-electron chi connectivity index (χ0n) is 15.9. The molecule has 2 heterocycles. The van der Waals surface area contributed by atoms with Gasteiger partial charge in [-0.1, -0.05) is 13.8 Å². The predicted molar refractivity (Wildman–Crippen MR) is 94.6 cm³/mol. The molecule has 0 unspecified atom stereocenters. The molecule has 1 aliphatic rings. The van der Waals surface area contributed by atoms with Gasteiger partial charge in [0.25, 0.3) is 0 Å². The van der Waals surface area contributed by atoms with Crippen LogP contribution < -0.4 is 5.32 Å². The summed E-state index contributed by atoms with van der Waals surface area (Å²) in [5.74, 6) is -0.326. The second-order valence-electron chi connectivity index (χ2n) is 8.25. The lowest BCUT2D eigenvalue weighted by molar-refractivity contribution is -0.125. The summed E-state index contributed by atoms with van der Waals surface area (Å²) in [6.07, 6.45) is 0.664. The van der Waals surface area contributed by atoms with Crippen molar-refractivity contribution in [1.29, 1.82) is 0 Å². The Labute approximate surface area is 143 Å². The molecule has 0 spiro atoms. The van der Waals surface area contributed by atoms with Crippen LogP contribution in [0.5, 0.6) is 0 Å². The molecule has 132 valence electrons. The highest BCUT2D eigenvalue weighted by Crippen LogP contribution is 2.36. The summed E-state index contributed by atoms with van der Waals surface area (Å²) >= 11 is 0. The van der Waals surface area contributed by atoms with E-state index in [9.17, 15) is 9.59 Å². The quantitative estimate of drug-likeness (QED) is 0.808. The maximum atomic E-state index is 12.4. The molecule has 1 fully saturated rings. The van der Waals surface area contributed by atoms with Gasteiger partial charge >= 0.3 is 5.97 Å². The molecule has 1 saturated heterocycles. The van der Waals surface area contributed by atoms with Crippen molar-refractivity contribution in [2.75, 3.05) is 0 Å². The Balaban J connectivity index is 2.42. The summed E-state index contributed by atoms with van der Waals surface area (Å²) in [7, 11) is 0. The number of esters is 1. The number of amides is 1. The monoisotopic (exact) mass is 332 g/mol. The van der Waals surface area contributed by atoms with Gasteiger partial charge in [-0.25, -0.2) is 4.79 Å². The van der Waals surface area contributed by atoms with Crippen molar-refractivity contribution in [1.82, 2.24) is 10.3 Å². The minimum atomic E-state index is -0.542. The highest BCUT2D eigenvalue weighted by molar-refractivity contribution is 5.93. The first-order valence-electron chi connectivity index (χ1n) is 8.27. The number of carbonyl (C=O) groups excluding carboxylic acids is 2. The topological polar surface area (TPSA) is 71.2 Å². The van der Waals surface area contributed by atoms with Crippen LogP contribution in [-0.4, -0.2) is 22.5 Å². The van der Waals surface area contributed by atoms with Crippen LogP contribution in [0.15, 0.2) is 5.70 Å². The molecule has 1 aromatic rings. The van der Waals surface area contributed by atoms with Crippen LogP contribution in [0, 0.1) is 19.3 Å². The highest BCUT2D eigenvalue weighted by Gasteiger charge is 2.37. The van der Waals surface area contributed by atoms with Crippen LogP contribution >= 0.6 is 0 Å². The van der Waals surface area contributed by atoms with Gasteiger partial charge in [0.15, 0.2) is 0 Å². The molecule has 0 aromatic carbocycles. The van der Waals surface area contributed by atoms with Crippen molar-refractivity contribution >= 4 is 17.4 Å². The molecule has 1 aromatic heterocycles. The first kappa shape index (κ1) is 18.3. The van der Waals surface area contributed by atoms with E-state index < -0.39 is 11.0 Å². The molecule has 24 heavy (non-hydrogen) atoms. The molecular formula is C19H28N2O3. The predicted octanol–water partition coefficient (Wildman–Crippen LogP) is 3.86. The number of nitrogens with one attached hydrogen (secondary N) is 2. The van der Waals surface area contributed by atoms with E-state index in [0.29, 0.717) is 12.1 Å². The average molecular weight is 332 g/mol. The first-order chi connectivity index (χ1) is 10.8. The van der Waals surface area contributed by atoms with E-state index in [4.69, 9.17) is 4.74 Å². The number of hydrogen-bond donors (Lipinski definition) is 2. The molecule has 1 amide bonds. The number of carbonyl (C=O) groups is 2. The zero-order chi connectivity index (χ0) is 18.4. The average Bonchev–Trinajstić information content (AvgIpc) is 2.86. The second-order valence-corrected chi connectivity index (χ2v) is 8.25. The smallest absolute Gasteiger partial charge is 0.355 e. The van der Waals surface area contributed by atoms with Gasteiger partial charge in [0.05, 0.1) is 0 Å². The van der Waals surface area contributed by atoms with Gasteiger partial charge in [-0.15, -0.1) is 0 Å². The lowest BCUT2D eigenvalue weighted by atomic mass is 9.90. The van der Waals surface area contributed by atoms with Crippen molar-refractivity contribution in [3.8, 4) is 0 Å². The highest BCUT2D eigenvalue weighted by atomic mass is 16.6. The molecule has 0 bridgehead atoms. The van der Waals surface area contributed by atoms with Crippen LogP contribution in [-0.2, 0) is 9.53 Å². The number of ether oxygens (including phenoxy) is 1. The molecule has 0 atom stereocenters. The standard InChI is InChI=1S/C19H28N2O3/c1-10-11(2)15(16(22)24-18(4,5)6)21-14(10)12(3)13-9-19(7,8)17(23)20-13/h21H,9H2,1-8H3,(H,20,23)/b13-12-. The van der Waals surface area contributed by atoms with Gasteiger partial charge in [-0.05, 0) is 58.2 Å². The summed E-state index contributed by atoms with van der Waals surface area (Å²) in [6, 6.07) is 0. The number of aromatic amines is 1. The Morgan fingerprint density at radius 1 is 1.12 bits per heavy atom. The van der Waals surface area contributed by atoms with E-state index >= 15 is 0 Å².